The predicted octanol–water partition coefficient (Wildman–Crippen LogP) is 4.13. The molecule has 1 aromatic carbocycles. The molecule has 0 spiro atoms. The molecule has 0 amide bonds. The summed E-state index contributed by atoms with van der Waals surface area (Å²) in [5.74, 6) is 1.80. The van der Waals surface area contributed by atoms with Crippen LogP contribution in [0.2, 0.25) is 0 Å². The summed E-state index contributed by atoms with van der Waals surface area (Å²) in [5, 5.41) is 4.22. The molecule has 5 nitrogen and oxygen atoms in total. The zero-order chi connectivity index (χ0) is 17.9. The maximum atomic E-state index is 5.45. The molecule has 0 atom stereocenters. The molecule has 0 N–H and O–H groups in total. The Balaban J connectivity index is 1.36. The Labute approximate surface area is 154 Å². The molecular weight excluding hydrogens is 324 g/mol. The van der Waals surface area contributed by atoms with Crippen molar-refractivity contribution in [1.29, 1.82) is 0 Å². The van der Waals surface area contributed by atoms with Crippen molar-refractivity contribution in [2.75, 3.05) is 13.1 Å². The molecule has 1 saturated heterocycles. The van der Waals surface area contributed by atoms with Gasteiger partial charge in [0.15, 0.2) is 5.82 Å². The third-order valence-corrected chi connectivity index (χ3v) is 5.30. The highest BCUT2D eigenvalue weighted by atomic mass is 16.5. The smallest absolute Gasteiger partial charge is 0.258 e. The number of nitrogens with zero attached hydrogens (tertiary/aromatic N) is 4. The van der Waals surface area contributed by atoms with Gasteiger partial charge in [-0.05, 0) is 68.6 Å². The molecular formula is C21H24N4O. The van der Waals surface area contributed by atoms with Crippen molar-refractivity contribution in [3.63, 3.8) is 0 Å². The van der Waals surface area contributed by atoms with Crippen molar-refractivity contribution < 1.29 is 4.52 Å². The quantitative estimate of drug-likeness (QED) is 0.709. The van der Waals surface area contributed by atoms with Crippen molar-refractivity contribution in [1.82, 2.24) is 20.0 Å². The molecule has 0 radical (unpaired) electrons. The first kappa shape index (κ1) is 16.9. The number of pyridine rings is 1. The predicted molar refractivity (Wildman–Crippen MR) is 101 cm³/mol. The van der Waals surface area contributed by atoms with Gasteiger partial charge in [-0.3, -0.25) is 9.88 Å². The number of likely N-dealkylation sites (tertiary alicyclic amines) is 1. The molecule has 26 heavy (non-hydrogen) atoms. The van der Waals surface area contributed by atoms with E-state index in [2.05, 4.69) is 52.1 Å². The van der Waals surface area contributed by atoms with E-state index < -0.39 is 0 Å². The Bertz CT molecular complexity index is 867. The van der Waals surface area contributed by atoms with Gasteiger partial charge in [0.2, 0.25) is 0 Å². The Morgan fingerprint density at radius 2 is 1.81 bits per heavy atom. The van der Waals surface area contributed by atoms with E-state index in [0.29, 0.717) is 11.8 Å². The highest BCUT2D eigenvalue weighted by Crippen LogP contribution is 2.28. The van der Waals surface area contributed by atoms with Crippen LogP contribution >= 0.6 is 0 Å². The first-order chi connectivity index (χ1) is 12.7. The van der Waals surface area contributed by atoms with Crippen LogP contribution in [0.25, 0.3) is 11.5 Å². The first-order valence-electron chi connectivity index (χ1n) is 9.21. The number of aryl methyl sites for hydroxylation is 2. The zero-order valence-corrected chi connectivity index (χ0v) is 15.4. The van der Waals surface area contributed by atoms with Crippen LogP contribution in [0.3, 0.4) is 0 Å². The molecule has 134 valence electrons. The van der Waals surface area contributed by atoms with Crippen LogP contribution < -0.4 is 0 Å². The molecule has 3 aromatic rings. The van der Waals surface area contributed by atoms with Gasteiger partial charge >= 0.3 is 0 Å². The van der Waals surface area contributed by atoms with E-state index in [-0.39, 0.29) is 0 Å². The van der Waals surface area contributed by atoms with Crippen molar-refractivity contribution in [2.24, 2.45) is 0 Å². The lowest BCUT2D eigenvalue weighted by molar-refractivity contribution is 0.200. The Morgan fingerprint density at radius 1 is 1.04 bits per heavy atom. The van der Waals surface area contributed by atoms with Gasteiger partial charge in [-0.25, -0.2) is 0 Å². The number of benzene rings is 1. The average molecular weight is 348 g/mol. The van der Waals surface area contributed by atoms with E-state index in [0.717, 1.165) is 43.9 Å². The third-order valence-electron chi connectivity index (χ3n) is 5.30. The van der Waals surface area contributed by atoms with Gasteiger partial charge in [-0.15, -0.1) is 0 Å². The topological polar surface area (TPSA) is 55.1 Å². The molecule has 1 aliphatic heterocycles. The monoisotopic (exact) mass is 348 g/mol. The fourth-order valence-corrected chi connectivity index (χ4v) is 3.52. The minimum Gasteiger partial charge on any atom is -0.334 e. The van der Waals surface area contributed by atoms with Gasteiger partial charge in [0.25, 0.3) is 5.89 Å². The fourth-order valence-electron chi connectivity index (χ4n) is 3.52. The summed E-state index contributed by atoms with van der Waals surface area (Å²) < 4.78 is 5.45. The highest BCUT2D eigenvalue weighted by molar-refractivity contribution is 5.51. The van der Waals surface area contributed by atoms with Gasteiger partial charge in [0.05, 0.1) is 0 Å². The largest absolute Gasteiger partial charge is 0.334 e. The fraction of sp³-hybridized carbons (Fsp3) is 0.381. The summed E-state index contributed by atoms with van der Waals surface area (Å²) in [4.78, 5) is 11.2. The molecule has 0 unspecified atom stereocenters. The summed E-state index contributed by atoms with van der Waals surface area (Å²) >= 11 is 0. The number of hydrogen-bond acceptors (Lipinski definition) is 5. The minimum absolute atomic E-state index is 0.380. The maximum absolute atomic E-state index is 5.45. The van der Waals surface area contributed by atoms with E-state index in [1.165, 1.54) is 16.7 Å². The van der Waals surface area contributed by atoms with Gasteiger partial charge < -0.3 is 4.52 Å². The number of piperidine rings is 1. The van der Waals surface area contributed by atoms with Crippen LogP contribution in [0.15, 0.2) is 47.2 Å². The molecule has 0 bridgehead atoms. The van der Waals surface area contributed by atoms with Crippen LogP contribution in [0.4, 0.5) is 0 Å². The molecule has 4 rings (SSSR count). The first-order valence-corrected chi connectivity index (χ1v) is 9.21. The molecule has 0 aliphatic carbocycles. The second kappa shape index (κ2) is 7.38. The van der Waals surface area contributed by atoms with Crippen molar-refractivity contribution in [2.45, 2.75) is 39.2 Å². The van der Waals surface area contributed by atoms with Crippen LogP contribution in [0, 0.1) is 13.8 Å². The number of rotatable bonds is 4. The zero-order valence-electron chi connectivity index (χ0n) is 15.4. The SMILES string of the molecule is Cc1ccc(CN2CCC(c3noc(-c4ccncc4)n3)CC2)cc1C. The summed E-state index contributed by atoms with van der Waals surface area (Å²) in [6, 6.07) is 10.6. The summed E-state index contributed by atoms with van der Waals surface area (Å²) in [6.45, 7) is 7.49. The molecule has 0 saturated carbocycles. The molecule has 3 heterocycles. The van der Waals surface area contributed by atoms with E-state index in [1.54, 1.807) is 12.4 Å². The standard InChI is InChI=1S/C21H24N4O/c1-15-3-4-17(13-16(15)2)14-25-11-7-18(8-12-25)20-23-21(26-24-20)19-5-9-22-10-6-19/h3-6,9-10,13,18H,7-8,11-12,14H2,1-2H3. The highest BCUT2D eigenvalue weighted by Gasteiger charge is 2.25. The summed E-state index contributed by atoms with van der Waals surface area (Å²) in [6.07, 6.45) is 5.62. The lowest BCUT2D eigenvalue weighted by atomic mass is 9.95. The normalized spacial score (nSPS) is 16.1. The second-order valence-electron chi connectivity index (χ2n) is 7.16. The lowest BCUT2D eigenvalue weighted by Crippen LogP contribution is -2.32. The van der Waals surface area contributed by atoms with Gasteiger partial charge in [-0.1, -0.05) is 23.4 Å². The Hall–Kier alpha value is -2.53. The second-order valence-corrected chi connectivity index (χ2v) is 7.16. The van der Waals surface area contributed by atoms with E-state index in [1.807, 2.05) is 12.1 Å². The van der Waals surface area contributed by atoms with Gasteiger partial charge in [-0.2, -0.15) is 4.98 Å². The van der Waals surface area contributed by atoms with E-state index >= 15 is 0 Å². The minimum atomic E-state index is 0.380. The van der Waals surface area contributed by atoms with Crippen LogP contribution in [0.1, 0.15) is 41.3 Å². The van der Waals surface area contributed by atoms with Gasteiger partial charge in [0.1, 0.15) is 0 Å². The summed E-state index contributed by atoms with van der Waals surface area (Å²) in [5.41, 5.74) is 5.04. The number of aromatic nitrogens is 3. The summed E-state index contributed by atoms with van der Waals surface area (Å²) in [7, 11) is 0. The van der Waals surface area contributed by atoms with Crippen LogP contribution in [0.5, 0.6) is 0 Å². The molecule has 1 fully saturated rings. The van der Waals surface area contributed by atoms with E-state index in [4.69, 9.17) is 4.52 Å². The average Bonchev–Trinajstić information content (AvgIpc) is 3.16. The Kier molecular flexibility index (Phi) is 4.80. The Morgan fingerprint density at radius 3 is 2.54 bits per heavy atom. The number of hydrogen-bond donors (Lipinski definition) is 0. The van der Waals surface area contributed by atoms with Crippen molar-refractivity contribution in [3.05, 3.63) is 65.2 Å². The maximum Gasteiger partial charge on any atom is 0.258 e. The molecule has 5 heteroatoms. The van der Waals surface area contributed by atoms with Crippen molar-refractivity contribution >= 4 is 0 Å². The molecule has 2 aromatic heterocycles. The van der Waals surface area contributed by atoms with Crippen LogP contribution in [-0.2, 0) is 6.54 Å². The lowest BCUT2D eigenvalue weighted by Gasteiger charge is -2.30. The third kappa shape index (κ3) is 3.68. The molecule has 1 aliphatic rings. The van der Waals surface area contributed by atoms with Crippen LogP contribution in [-0.4, -0.2) is 33.1 Å². The van der Waals surface area contributed by atoms with Gasteiger partial charge in [0, 0.05) is 30.4 Å². The van der Waals surface area contributed by atoms with E-state index in [9.17, 15) is 0 Å². The van der Waals surface area contributed by atoms with Crippen molar-refractivity contribution in [3.8, 4) is 11.5 Å².